The predicted molar refractivity (Wildman–Crippen MR) is 94.5 cm³/mol. The van der Waals surface area contributed by atoms with Gasteiger partial charge in [-0.15, -0.1) is 0 Å². The van der Waals surface area contributed by atoms with Crippen LogP contribution in [0.5, 0.6) is 0 Å². The van der Waals surface area contributed by atoms with E-state index in [-0.39, 0.29) is 17.3 Å². The van der Waals surface area contributed by atoms with Crippen molar-refractivity contribution in [3.8, 4) is 17.5 Å². The molecule has 5 heteroatoms. The summed E-state index contributed by atoms with van der Waals surface area (Å²) in [5.74, 6) is 0.316. The standard InChI is InChI=1S/C20H22N4O/c1-12-15-8-7-14-17(16-6-4-5-9-22-16)24(3)23-19(14)20(15,2)10-13(11-21)18(12)25/h4-6,9-10,12,15,18,25H,7-8H2,1-3H3/t12-,15-,18?,20-/m0/s1. The molecule has 0 saturated heterocycles. The van der Waals surface area contributed by atoms with Crippen LogP contribution in [0.2, 0.25) is 0 Å². The average molecular weight is 334 g/mol. The number of aromatic nitrogens is 3. The Morgan fingerprint density at radius 1 is 1.40 bits per heavy atom. The number of aliphatic hydroxyl groups is 1. The number of hydrogen-bond acceptors (Lipinski definition) is 4. The Morgan fingerprint density at radius 2 is 2.20 bits per heavy atom. The minimum Gasteiger partial charge on any atom is -0.387 e. The molecule has 1 N–H and O–H groups in total. The van der Waals surface area contributed by atoms with E-state index >= 15 is 0 Å². The molecule has 2 aliphatic carbocycles. The van der Waals surface area contributed by atoms with Crippen LogP contribution in [0, 0.1) is 23.2 Å². The summed E-state index contributed by atoms with van der Waals surface area (Å²) in [4.78, 5) is 4.51. The van der Waals surface area contributed by atoms with E-state index in [1.54, 1.807) is 6.20 Å². The first kappa shape index (κ1) is 16.0. The second-order valence-corrected chi connectivity index (χ2v) is 7.46. The second-order valence-electron chi connectivity index (χ2n) is 7.46. The topological polar surface area (TPSA) is 74.7 Å². The Kier molecular flexibility index (Phi) is 3.55. The molecule has 2 heterocycles. The minimum absolute atomic E-state index is 0.0399. The van der Waals surface area contributed by atoms with Crippen LogP contribution in [0.3, 0.4) is 0 Å². The summed E-state index contributed by atoms with van der Waals surface area (Å²) in [7, 11) is 1.96. The van der Waals surface area contributed by atoms with Gasteiger partial charge in [-0.2, -0.15) is 10.4 Å². The Hall–Kier alpha value is -2.45. The van der Waals surface area contributed by atoms with E-state index in [9.17, 15) is 10.4 Å². The number of rotatable bonds is 1. The van der Waals surface area contributed by atoms with Crippen LogP contribution in [-0.2, 0) is 18.9 Å². The third-order valence-corrected chi connectivity index (χ3v) is 6.07. The van der Waals surface area contributed by atoms with Crippen molar-refractivity contribution in [2.75, 3.05) is 0 Å². The Labute approximate surface area is 147 Å². The fourth-order valence-electron chi connectivity index (χ4n) is 4.83. The van der Waals surface area contributed by atoms with Gasteiger partial charge in [-0.25, -0.2) is 0 Å². The van der Waals surface area contributed by atoms with Crippen molar-refractivity contribution < 1.29 is 5.11 Å². The van der Waals surface area contributed by atoms with Gasteiger partial charge in [0.25, 0.3) is 0 Å². The third-order valence-electron chi connectivity index (χ3n) is 6.07. The minimum atomic E-state index is -0.677. The Balaban J connectivity index is 1.93. The van der Waals surface area contributed by atoms with E-state index in [4.69, 9.17) is 5.10 Å². The van der Waals surface area contributed by atoms with Crippen LogP contribution in [0.1, 0.15) is 31.5 Å². The first-order valence-electron chi connectivity index (χ1n) is 8.76. The molecule has 0 radical (unpaired) electrons. The second kappa shape index (κ2) is 5.53. The zero-order valence-corrected chi connectivity index (χ0v) is 14.8. The fourth-order valence-corrected chi connectivity index (χ4v) is 4.83. The quantitative estimate of drug-likeness (QED) is 0.870. The molecule has 0 amide bonds. The first-order chi connectivity index (χ1) is 12.0. The summed E-state index contributed by atoms with van der Waals surface area (Å²) >= 11 is 0. The molecule has 0 spiro atoms. The van der Waals surface area contributed by atoms with Crippen molar-refractivity contribution in [3.05, 3.63) is 47.3 Å². The van der Waals surface area contributed by atoms with Crippen molar-refractivity contribution in [1.82, 2.24) is 14.8 Å². The lowest BCUT2D eigenvalue weighted by Crippen LogP contribution is -2.47. The van der Waals surface area contributed by atoms with Crippen molar-refractivity contribution in [3.63, 3.8) is 0 Å². The molecule has 4 rings (SSSR count). The van der Waals surface area contributed by atoms with Crippen LogP contribution in [0.15, 0.2) is 36.0 Å². The maximum atomic E-state index is 10.5. The highest BCUT2D eigenvalue weighted by molar-refractivity contribution is 5.63. The predicted octanol–water partition coefficient (Wildman–Crippen LogP) is 2.76. The van der Waals surface area contributed by atoms with Crippen LogP contribution < -0.4 is 0 Å². The number of hydrogen-bond donors (Lipinski definition) is 1. The number of aryl methyl sites for hydroxylation is 1. The van der Waals surface area contributed by atoms with Gasteiger partial charge in [-0.05, 0) is 36.8 Å². The lowest BCUT2D eigenvalue weighted by Gasteiger charge is -2.46. The van der Waals surface area contributed by atoms with Crippen LogP contribution in [0.4, 0.5) is 0 Å². The summed E-state index contributed by atoms with van der Waals surface area (Å²) in [6.45, 7) is 4.20. The molecule has 0 saturated carbocycles. The molecule has 1 unspecified atom stereocenters. The molecule has 0 aliphatic heterocycles. The van der Waals surface area contributed by atoms with Crippen molar-refractivity contribution in [1.29, 1.82) is 5.26 Å². The molecule has 0 fully saturated rings. The molecule has 128 valence electrons. The van der Waals surface area contributed by atoms with Crippen LogP contribution in [-0.4, -0.2) is 26.0 Å². The number of allylic oxidation sites excluding steroid dienone is 1. The van der Waals surface area contributed by atoms with Crippen LogP contribution in [0.25, 0.3) is 11.4 Å². The zero-order valence-electron chi connectivity index (χ0n) is 14.8. The van der Waals surface area contributed by atoms with Crippen LogP contribution >= 0.6 is 0 Å². The molecule has 0 aromatic carbocycles. The molecular formula is C20H22N4O. The number of aliphatic hydroxyl groups excluding tert-OH is 1. The molecule has 2 aromatic rings. The lowest BCUT2D eigenvalue weighted by molar-refractivity contribution is 0.0671. The molecule has 2 aromatic heterocycles. The monoisotopic (exact) mass is 334 g/mol. The van der Waals surface area contributed by atoms with Gasteiger partial charge in [-0.3, -0.25) is 9.67 Å². The van der Waals surface area contributed by atoms with Gasteiger partial charge in [0.05, 0.1) is 34.8 Å². The molecule has 0 bridgehead atoms. The number of nitrogens with zero attached hydrogens (tertiary/aromatic N) is 4. The number of fused-ring (bicyclic) bond motifs is 3. The van der Waals surface area contributed by atoms with E-state index < -0.39 is 6.10 Å². The lowest BCUT2D eigenvalue weighted by atomic mass is 9.57. The van der Waals surface area contributed by atoms with Gasteiger partial charge in [0.15, 0.2) is 0 Å². The van der Waals surface area contributed by atoms with E-state index in [2.05, 4.69) is 18.0 Å². The molecule has 25 heavy (non-hydrogen) atoms. The van der Waals surface area contributed by atoms with Gasteiger partial charge in [0.1, 0.15) is 0 Å². The number of pyridine rings is 1. The maximum absolute atomic E-state index is 10.5. The summed E-state index contributed by atoms with van der Waals surface area (Å²) in [6, 6.07) is 8.10. The highest BCUT2D eigenvalue weighted by Gasteiger charge is 2.50. The van der Waals surface area contributed by atoms with Gasteiger partial charge in [0, 0.05) is 24.2 Å². The first-order valence-corrected chi connectivity index (χ1v) is 8.76. The Morgan fingerprint density at radius 3 is 2.88 bits per heavy atom. The smallest absolute Gasteiger partial charge is 0.0971 e. The Bertz CT molecular complexity index is 892. The van der Waals surface area contributed by atoms with E-state index in [0.717, 1.165) is 29.9 Å². The fraction of sp³-hybridized carbons (Fsp3) is 0.450. The van der Waals surface area contributed by atoms with E-state index in [1.807, 2.05) is 42.9 Å². The van der Waals surface area contributed by atoms with E-state index in [1.165, 1.54) is 5.56 Å². The van der Waals surface area contributed by atoms with E-state index in [0.29, 0.717) is 5.57 Å². The molecule has 2 aliphatic rings. The SMILES string of the molecule is C[C@@H]1C(O)C(C#N)=C[C@]2(C)c3nn(C)c(-c4ccccn4)c3CC[C@@H]12. The molecule has 5 nitrogen and oxygen atoms in total. The highest BCUT2D eigenvalue weighted by Crippen LogP contribution is 2.51. The summed E-state index contributed by atoms with van der Waals surface area (Å²) in [6.07, 6.45) is 4.97. The van der Waals surface area contributed by atoms with Crippen molar-refractivity contribution >= 4 is 0 Å². The van der Waals surface area contributed by atoms with Gasteiger partial charge in [0.2, 0.25) is 0 Å². The third kappa shape index (κ3) is 2.17. The number of nitriles is 1. The summed E-state index contributed by atoms with van der Waals surface area (Å²) in [5.41, 5.74) is 4.36. The van der Waals surface area contributed by atoms with Crippen molar-refractivity contribution in [2.24, 2.45) is 18.9 Å². The molecule has 4 atom stereocenters. The highest BCUT2D eigenvalue weighted by atomic mass is 16.3. The van der Waals surface area contributed by atoms with Crippen molar-refractivity contribution in [2.45, 2.75) is 38.2 Å². The molecular weight excluding hydrogens is 312 g/mol. The normalized spacial score (nSPS) is 30.8. The largest absolute Gasteiger partial charge is 0.387 e. The maximum Gasteiger partial charge on any atom is 0.0971 e. The van der Waals surface area contributed by atoms with Gasteiger partial charge >= 0.3 is 0 Å². The average Bonchev–Trinajstić information content (AvgIpc) is 2.96. The van der Waals surface area contributed by atoms with Gasteiger partial charge in [-0.1, -0.05) is 26.0 Å². The zero-order chi connectivity index (χ0) is 17.8. The summed E-state index contributed by atoms with van der Waals surface area (Å²) < 4.78 is 1.91. The van der Waals surface area contributed by atoms with Gasteiger partial charge < -0.3 is 5.11 Å². The summed E-state index contributed by atoms with van der Waals surface area (Å²) in [5, 5.41) is 24.8.